The van der Waals surface area contributed by atoms with Gasteiger partial charge < -0.3 is 9.80 Å². The largest absolute Gasteiger partial charge is 0.339 e. The highest BCUT2D eigenvalue weighted by Crippen LogP contribution is 2.31. The number of hydrogen-bond acceptors (Lipinski definition) is 3. The SMILES string of the molecule is CCCN1CCN(C(=O)C2CCC2)C(Cc2cccc(-c3cccnc3)c2)C1=O. The van der Waals surface area contributed by atoms with E-state index in [1.54, 1.807) is 6.20 Å². The zero-order valence-corrected chi connectivity index (χ0v) is 17.1. The molecule has 1 aromatic carbocycles. The van der Waals surface area contributed by atoms with E-state index in [0.717, 1.165) is 48.9 Å². The minimum atomic E-state index is -0.396. The summed E-state index contributed by atoms with van der Waals surface area (Å²) in [5, 5.41) is 0. The summed E-state index contributed by atoms with van der Waals surface area (Å²) in [4.78, 5) is 34.3. The maximum absolute atomic E-state index is 13.2. The van der Waals surface area contributed by atoms with Crippen molar-refractivity contribution in [2.45, 2.75) is 45.1 Å². The van der Waals surface area contributed by atoms with Crippen LogP contribution in [0.5, 0.6) is 0 Å². The van der Waals surface area contributed by atoms with Gasteiger partial charge >= 0.3 is 0 Å². The number of pyridine rings is 1. The highest BCUT2D eigenvalue weighted by molar-refractivity contribution is 5.90. The lowest BCUT2D eigenvalue weighted by atomic mass is 9.83. The van der Waals surface area contributed by atoms with Gasteiger partial charge in [-0.3, -0.25) is 14.6 Å². The first-order valence-electron chi connectivity index (χ1n) is 10.8. The molecule has 0 radical (unpaired) electrons. The Morgan fingerprint density at radius 2 is 1.97 bits per heavy atom. The molecule has 1 aliphatic carbocycles. The fourth-order valence-corrected chi connectivity index (χ4v) is 4.32. The van der Waals surface area contributed by atoms with Crippen LogP contribution in [0.4, 0.5) is 0 Å². The van der Waals surface area contributed by atoms with Gasteiger partial charge in [0.25, 0.3) is 0 Å². The Morgan fingerprint density at radius 3 is 2.66 bits per heavy atom. The second kappa shape index (κ2) is 8.76. The summed E-state index contributed by atoms with van der Waals surface area (Å²) in [7, 11) is 0. The predicted octanol–water partition coefficient (Wildman–Crippen LogP) is 3.54. The fourth-order valence-electron chi connectivity index (χ4n) is 4.32. The van der Waals surface area contributed by atoms with Crippen LogP contribution in [0, 0.1) is 5.92 Å². The standard InChI is InChI=1S/C24H29N3O2/c1-2-12-26-13-14-27(23(28)19-7-4-8-19)22(24(26)29)16-18-6-3-9-20(15-18)21-10-5-11-25-17-21/h3,5-6,9-11,15,17,19,22H,2,4,7-8,12-14,16H2,1H3. The number of aromatic nitrogens is 1. The molecule has 152 valence electrons. The van der Waals surface area contributed by atoms with Crippen LogP contribution in [0.3, 0.4) is 0 Å². The topological polar surface area (TPSA) is 53.5 Å². The molecular formula is C24H29N3O2. The van der Waals surface area contributed by atoms with Gasteiger partial charge in [0.15, 0.2) is 0 Å². The van der Waals surface area contributed by atoms with Crippen molar-refractivity contribution in [1.82, 2.24) is 14.8 Å². The lowest BCUT2D eigenvalue weighted by Crippen LogP contribution is -2.60. The van der Waals surface area contributed by atoms with Crippen molar-refractivity contribution in [3.63, 3.8) is 0 Å². The molecule has 2 aliphatic rings. The molecule has 0 N–H and O–H groups in total. The molecule has 1 unspecified atom stereocenters. The van der Waals surface area contributed by atoms with Gasteiger partial charge in [0.2, 0.25) is 11.8 Å². The second-order valence-corrected chi connectivity index (χ2v) is 8.15. The summed E-state index contributed by atoms with van der Waals surface area (Å²) < 4.78 is 0. The normalized spacial score (nSPS) is 19.9. The number of carbonyl (C=O) groups is 2. The Kier molecular flexibility index (Phi) is 5.93. The number of hydrogen-bond donors (Lipinski definition) is 0. The van der Waals surface area contributed by atoms with Crippen LogP contribution in [0.25, 0.3) is 11.1 Å². The van der Waals surface area contributed by atoms with E-state index < -0.39 is 6.04 Å². The third-order valence-corrected chi connectivity index (χ3v) is 6.17. The van der Waals surface area contributed by atoms with Gasteiger partial charge in [0.1, 0.15) is 6.04 Å². The van der Waals surface area contributed by atoms with Gasteiger partial charge in [-0.05, 0) is 42.0 Å². The van der Waals surface area contributed by atoms with Gasteiger partial charge in [-0.15, -0.1) is 0 Å². The third kappa shape index (κ3) is 4.19. The van der Waals surface area contributed by atoms with E-state index in [-0.39, 0.29) is 17.7 Å². The molecule has 2 amide bonds. The molecule has 1 aliphatic heterocycles. The molecule has 0 bridgehead atoms. The summed E-state index contributed by atoms with van der Waals surface area (Å²) in [6, 6.07) is 11.8. The Labute approximate surface area is 172 Å². The van der Waals surface area contributed by atoms with E-state index in [4.69, 9.17) is 0 Å². The van der Waals surface area contributed by atoms with Crippen LogP contribution in [0.15, 0.2) is 48.8 Å². The highest BCUT2D eigenvalue weighted by Gasteiger charge is 2.40. The van der Waals surface area contributed by atoms with Crippen LogP contribution in [0.2, 0.25) is 0 Å². The van der Waals surface area contributed by atoms with E-state index in [1.807, 2.05) is 34.2 Å². The first-order chi connectivity index (χ1) is 14.2. The Balaban J connectivity index is 1.58. The first-order valence-corrected chi connectivity index (χ1v) is 10.8. The zero-order chi connectivity index (χ0) is 20.2. The smallest absolute Gasteiger partial charge is 0.245 e. The molecule has 29 heavy (non-hydrogen) atoms. The van der Waals surface area contributed by atoms with Crippen molar-refractivity contribution in [2.75, 3.05) is 19.6 Å². The Bertz CT molecular complexity index is 863. The number of nitrogens with zero attached hydrogens (tertiary/aromatic N) is 3. The summed E-state index contributed by atoms with van der Waals surface area (Å²) >= 11 is 0. The van der Waals surface area contributed by atoms with Crippen molar-refractivity contribution in [3.05, 3.63) is 54.4 Å². The molecule has 4 rings (SSSR count). The Hall–Kier alpha value is -2.69. The van der Waals surface area contributed by atoms with E-state index in [2.05, 4.69) is 30.1 Å². The number of piperazine rings is 1. The van der Waals surface area contributed by atoms with Crippen LogP contribution in [0.1, 0.15) is 38.2 Å². The monoisotopic (exact) mass is 391 g/mol. The van der Waals surface area contributed by atoms with Crippen molar-refractivity contribution >= 4 is 11.8 Å². The summed E-state index contributed by atoms with van der Waals surface area (Å²) in [5.74, 6) is 0.386. The number of benzene rings is 1. The summed E-state index contributed by atoms with van der Waals surface area (Å²) in [5.41, 5.74) is 3.22. The first kappa shape index (κ1) is 19.6. The lowest BCUT2D eigenvalue weighted by Gasteiger charge is -2.43. The molecule has 1 aromatic heterocycles. The van der Waals surface area contributed by atoms with E-state index in [0.29, 0.717) is 19.5 Å². The number of amides is 2. The van der Waals surface area contributed by atoms with E-state index in [1.165, 1.54) is 0 Å². The average Bonchev–Trinajstić information content (AvgIpc) is 2.71. The quantitative estimate of drug-likeness (QED) is 0.757. The van der Waals surface area contributed by atoms with Crippen LogP contribution < -0.4 is 0 Å². The van der Waals surface area contributed by atoms with Crippen molar-refractivity contribution in [2.24, 2.45) is 5.92 Å². The molecule has 1 atom stereocenters. The second-order valence-electron chi connectivity index (χ2n) is 8.15. The molecule has 2 aromatic rings. The van der Waals surface area contributed by atoms with Gasteiger partial charge in [-0.25, -0.2) is 0 Å². The zero-order valence-electron chi connectivity index (χ0n) is 17.1. The summed E-state index contributed by atoms with van der Waals surface area (Å²) in [6.07, 6.45) is 8.16. The van der Waals surface area contributed by atoms with Gasteiger partial charge in [0, 0.05) is 44.4 Å². The van der Waals surface area contributed by atoms with Gasteiger partial charge in [-0.1, -0.05) is 43.7 Å². The molecule has 5 nitrogen and oxygen atoms in total. The maximum atomic E-state index is 13.2. The van der Waals surface area contributed by atoms with Gasteiger partial charge in [0.05, 0.1) is 0 Å². The minimum absolute atomic E-state index is 0.0950. The summed E-state index contributed by atoms with van der Waals surface area (Å²) in [6.45, 7) is 4.15. The van der Waals surface area contributed by atoms with Crippen molar-refractivity contribution in [1.29, 1.82) is 0 Å². The molecule has 0 spiro atoms. The van der Waals surface area contributed by atoms with Crippen LogP contribution in [-0.4, -0.2) is 52.3 Å². The van der Waals surface area contributed by atoms with Gasteiger partial charge in [-0.2, -0.15) is 0 Å². The Morgan fingerprint density at radius 1 is 1.14 bits per heavy atom. The van der Waals surface area contributed by atoms with E-state index >= 15 is 0 Å². The predicted molar refractivity (Wildman–Crippen MR) is 113 cm³/mol. The van der Waals surface area contributed by atoms with Crippen molar-refractivity contribution < 1.29 is 9.59 Å². The molecule has 2 fully saturated rings. The third-order valence-electron chi connectivity index (χ3n) is 6.17. The molecular weight excluding hydrogens is 362 g/mol. The molecule has 2 heterocycles. The van der Waals surface area contributed by atoms with E-state index in [9.17, 15) is 9.59 Å². The fraction of sp³-hybridized carbons (Fsp3) is 0.458. The van der Waals surface area contributed by atoms with Crippen LogP contribution >= 0.6 is 0 Å². The minimum Gasteiger partial charge on any atom is -0.339 e. The lowest BCUT2D eigenvalue weighted by molar-refractivity contribution is -0.155. The number of carbonyl (C=O) groups excluding carboxylic acids is 2. The van der Waals surface area contributed by atoms with Crippen molar-refractivity contribution in [3.8, 4) is 11.1 Å². The number of rotatable bonds is 6. The molecule has 1 saturated heterocycles. The molecule has 1 saturated carbocycles. The highest BCUT2D eigenvalue weighted by atomic mass is 16.2. The maximum Gasteiger partial charge on any atom is 0.245 e. The average molecular weight is 392 g/mol. The van der Waals surface area contributed by atoms with Crippen LogP contribution in [-0.2, 0) is 16.0 Å². The molecule has 5 heteroatoms.